The van der Waals surface area contributed by atoms with E-state index in [2.05, 4.69) is 60.2 Å². The van der Waals surface area contributed by atoms with E-state index in [1.54, 1.807) is 12.4 Å². The van der Waals surface area contributed by atoms with Crippen molar-refractivity contribution >= 4 is 43.6 Å². The Morgan fingerprint density at radius 3 is 2.25 bits per heavy atom. The molecule has 5 aromatic carbocycles. The molecule has 1 aliphatic heterocycles. The van der Waals surface area contributed by atoms with Gasteiger partial charge in [0, 0.05) is 69.1 Å². The monoisotopic (exact) mass is 721 g/mol. The third-order valence-electron chi connectivity index (χ3n) is 10.7. The summed E-state index contributed by atoms with van der Waals surface area (Å²) >= 11 is 0. The summed E-state index contributed by atoms with van der Waals surface area (Å²) in [6.45, 7) is 9.56. The lowest BCUT2D eigenvalue weighted by atomic mass is 9.86. The Labute approximate surface area is 328 Å². The summed E-state index contributed by atoms with van der Waals surface area (Å²) in [5.41, 5.74) is 7.96. The number of nitrogens with zero attached hydrogens (tertiary/aromatic N) is 4. The molecule has 9 aromatic rings. The van der Waals surface area contributed by atoms with Crippen LogP contribution in [0.4, 0.5) is 0 Å². The normalized spacial score (nSPS) is 14.5. The standard InChI is InChI=1S/C50H44N4O/c1-30-44(55-33-20-21-36-34-14-8-10-16-40(34)53(43(36)26-33)45-18-12-13-23-51-45)27-39-47-37(24-31(29-52-47)28-49(2,3)4)35-15-9-11-17-41(35)54-42-22-19-32(50(5,6)7)25-38(42)46(30)48(39)54/h8-27,29H,28H2,1-7H3/i1D3,28D2. The average molecular weight is 722 g/mol. The zero-order valence-electron chi connectivity index (χ0n) is 36.8. The number of para-hydroxylation sites is 2. The van der Waals surface area contributed by atoms with Gasteiger partial charge in [-0.1, -0.05) is 90.1 Å². The van der Waals surface area contributed by atoms with Gasteiger partial charge in [0.05, 0.1) is 33.4 Å². The Morgan fingerprint density at radius 1 is 0.673 bits per heavy atom. The van der Waals surface area contributed by atoms with Gasteiger partial charge in [0.25, 0.3) is 0 Å². The Hall–Kier alpha value is -6.20. The summed E-state index contributed by atoms with van der Waals surface area (Å²) in [6, 6.07) is 38.0. The number of rotatable bonds is 4. The van der Waals surface area contributed by atoms with Crippen molar-refractivity contribution in [1.29, 1.82) is 0 Å². The highest BCUT2D eigenvalue weighted by molar-refractivity contribution is 6.18. The summed E-state index contributed by atoms with van der Waals surface area (Å²) in [5, 5.41) is 3.46. The van der Waals surface area contributed by atoms with Crippen LogP contribution in [0, 0.1) is 12.3 Å². The van der Waals surface area contributed by atoms with Crippen molar-refractivity contribution < 1.29 is 11.6 Å². The number of benzene rings is 5. The first-order valence-corrected chi connectivity index (χ1v) is 18.8. The van der Waals surface area contributed by atoms with E-state index in [-0.39, 0.29) is 16.7 Å². The Morgan fingerprint density at radius 2 is 1.45 bits per heavy atom. The van der Waals surface area contributed by atoms with E-state index >= 15 is 0 Å². The summed E-state index contributed by atoms with van der Waals surface area (Å²) in [6.07, 6.45) is 1.71. The highest BCUT2D eigenvalue weighted by Gasteiger charge is 2.29. The molecule has 0 fully saturated rings. The van der Waals surface area contributed by atoms with E-state index in [1.807, 2.05) is 106 Å². The number of ether oxygens (including phenoxy) is 1. The molecule has 0 N–H and O–H groups in total. The predicted molar refractivity (Wildman–Crippen MR) is 228 cm³/mol. The van der Waals surface area contributed by atoms with Gasteiger partial charge in [-0.15, -0.1) is 0 Å². The van der Waals surface area contributed by atoms with Gasteiger partial charge in [-0.3, -0.25) is 9.55 Å². The molecule has 5 heteroatoms. The third-order valence-corrected chi connectivity index (χ3v) is 10.7. The van der Waals surface area contributed by atoms with Gasteiger partial charge in [0.15, 0.2) is 0 Å². The van der Waals surface area contributed by atoms with Crippen LogP contribution in [-0.4, -0.2) is 19.1 Å². The molecule has 10 rings (SSSR count). The highest BCUT2D eigenvalue weighted by Crippen LogP contribution is 2.50. The lowest BCUT2D eigenvalue weighted by Gasteiger charge is -2.20. The second-order valence-corrected chi connectivity index (χ2v) is 16.7. The van der Waals surface area contributed by atoms with E-state index in [1.165, 1.54) is 0 Å². The Kier molecular flexibility index (Phi) is 6.12. The van der Waals surface area contributed by atoms with Crippen LogP contribution in [0.1, 0.15) is 65.1 Å². The van der Waals surface area contributed by atoms with Crippen molar-refractivity contribution in [1.82, 2.24) is 19.1 Å². The summed E-state index contributed by atoms with van der Waals surface area (Å²) < 4.78 is 57.2. The molecule has 0 amide bonds. The maximum atomic E-state index is 9.22. The molecule has 0 bridgehead atoms. The number of aryl methyl sites for hydroxylation is 1. The second-order valence-electron chi connectivity index (χ2n) is 16.7. The quantitative estimate of drug-likeness (QED) is 0.182. The molecule has 55 heavy (non-hydrogen) atoms. The minimum Gasteiger partial charge on any atom is -0.457 e. The van der Waals surface area contributed by atoms with Crippen LogP contribution in [0.25, 0.3) is 77.5 Å². The van der Waals surface area contributed by atoms with Gasteiger partial charge in [-0.25, -0.2) is 4.98 Å². The molecule has 0 saturated heterocycles. The number of pyridine rings is 2. The van der Waals surface area contributed by atoms with Gasteiger partial charge >= 0.3 is 0 Å². The zero-order valence-corrected chi connectivity index (χ0v) is 31.8. The van der Waals surface area contributed by atoms with E-state index < -0.39 is 18.6 Å². The van der Waals surface area contributed by atoms with Crippen LogP contribution in [0.5, 0.6) is 11.5 Å². The van der Waals surface area contributed by atoms with Crippen LogP contribution in [-0.2, 0) is 11.8 Å². The molecule has 0 unspecified atom stereocenters. The molecule has 0 atom stereocenters. The summed E-state index contributed by atoms with van der Waals surface area (Å²) in [4.78, 5) is 9.80. The van der Waals surface area contributed by atoms with Crippen molar-refractivity contribution in [3.05, 3.63) is 144 Å². The molecular formula is C50H44N4O. The highest BCUT2D eigenvalue weighted by atomic mass is 16.5. The van der Waals surface area contributed by atoms with E-state index in [0.717, 1.165) is 60.9 Å². The van der Waals surface area contributed by atoms with Crippen molar-refractivity contribution in [3.63, 3.8) is 0 Å². The van der Waals surface area contributed by atoms with Crippen molar-refractivity contribution in [2.45, 2.75) is 60.2 Å². The molecule has 5 nitrogen and oxygen atoms in total. The van der Waals surface area contributed by atoms with Crippen LogP contribution >= 0.6 is 0 Å². The maximum absolute atomic E-state index is 9.22. The third kappa shape index (κ3) is 5.28. The second kappa shape index (κ2) is 11.9. The molecule has 0 saturated carbocycles. The predicted octanol–water partition coefficient (Wildman–Crippen LogP) is 13.3. The summed E-state index contributed by atoms with van der Waals surface area (Å²) in [5.74, 6) is 1.42. The van der Waals surface area contributed by atoms with Gasteiger partial charge in [0.1, 0.15) is 17.3 Å². The topological polar surface area (TPSA) is 44.9 Å². The van der Waals surface area contributed by atoms with Crippen molar-refractivity contribution in [2.75, 3.05) is 0 Å². The van der Waals surface area contributed by atoms with E-state index in [4.69, 9.17) is 14.7 Å². The van der Waals surface area contributed by atoms with Crippen molar-refractivity contribution in [3.8, 4) is 45.4 Å². The number of hydrogen-bond acceptors (Lipinski definition) is 3. The number of fused-ring (bicyclic) bond motifs is 11. The molecule has 0 spiro atoms. The van der Waals surface area contributed by atoms with Crippen LogP contribution < -0.4 is 4.74 Å². The number of aromatic nitrogens is 4. The summed E-state index contributed by atoms with van der Waals surface area (Å²) in [7, 11) is 0. The van der Waals surface area contributed by atoms with E-state index in [9.17, 15) is 6.85 Å². The van der Waals surface area contributed by atoms with Gasteiger partial charge in [-0.05, 0) is 95.8 Å². The molecule has 0 radical (unpaired) electrons. The van der Waals surface area contributed by atoms with Crippen LogP contribution in [0.15, 0.2) is 128 Å². The van der Waals surface area contributed by atoms with Gasteiger partial charge in [0.2, 0.25) is 0 Å². The Balaban J connectivity index is 1.31. The fraction of sp³-hybridized carbons (Fsp3) is 0.200. The first-order chi connectivity index (χ1) is 28.4. The first kappa shape index (κ1) is 28.3. The van der Waals surface area contributed by atoms with Gasteiger partial charge in [-0.2, -0.15) is 0 Å². The minimum absolute atomic E-state index is 0.114. The van der Waals surface area contributed by atoms with Crippen LogP contribution in [0.3, 0.4) is 0 Å². The fourth-order valence-corrected chi connectivity index (χ4v) is 8.33. The SMILES string of the molecule is [2H]C([2H])([2H])c1c(Oc2ccc3c4ccccc4n(-c4ccccn4)c3c2)cc2c3c1c1cc(C(C)(C)C)ccc1n3-c1ccccc1-c1cc(C([2H])([2H])C(C)(C)C)cnc1-2. The molecule has 4 aromatic heterocycles. The molecule has 0 aliphatic carbocycles. The van der Waals surface area contributed by atoms with Gasteiger partial charge < -0.3 is 9.30 Å². The van der Waals surface area contributed by atoms with Crippen LogP contribution in [0.2, 0.25) is 0 Å². The minimum atomic E-state index is -2.59. The molecule has 270 valence electrons. The zero-order chi connectivity index (χ0) is 42.1. The largest absolute Gasteiger partial charge is 0.457 e. The van der Waals surface area contributed by atoms with E-state index in [0.29, 0.717) is 33.5 Å². The Bertz CT molecular complexity index is 3220. The molecular weight excluding hydrogens is 673 g/mol. The fourth-order valence-electron chi connectivity index (χ4n) is 8.33. The number of hydrogen-bond donors (Lipinski definition) is 0. The molecule has 1 aliphatic rings. The molecule has 5 heterocycles. The average Bonchev–Trinajstić information content (AvgIpc) is 3.67. The maximum Gasteiger partial charge on any atom is 0.137 e. The smallest absolute Gasteiger partial charge is 0.137 e. The van der Waals surface area contributed by atoms with Crippen molar-refractivity contribution in [2.24, 2.45) is 5.41 Å². The lowest BCUT2D eigenvalue weighted by Crippen LogP contribution is -2.10. The lowest BCUT2D eigenvalue weighted by molar-refractivity contribution is 0.411. The first-order valence-electron chi connectivity index (χ1n) is 21.3.